The summed E-state index contributed by atoms with van der Waals surface area (Å²) < 4.78 is 6.72. The van der Waals surface area contributed by atoms with E-state index < -0.39 is 0 Å². The van der Waals surface area contributed by atoms with Crippen LogP contribution in [0.25, 0.3) is 0 Å². The largest absolute Gasteiger partial charge is 0.379 e. The van der Waals surface area contributed by atoms with Crippen molar-refractivity contribution >= 4 is 31.9 Å². The zero-order valence-corrected chi connectivity index (χ0v) is 9.38. The molecule has 0 spiro atoms. The second-order valence-corrected chi connectivity index (χ2v) is 4.12. The van der Waals surface area contributed by atoms with Crippen LogP contribution in [0, 0.1) is 0 Å². The lowest BCUT2D eigenvalue weighted by molar-refractivity contribution is 0.181. The molecular weight excluding hydrogens is 290 g/mol. The minimum Gasteiger partial charge on any atom is -0.379 e. The fourth-order valence-electron chi connectivity index (χ4n) is 1.15. The van der Waals surface area contributed by atoms with Crippen LogP contribution in [0.15, 0.2) is 9.21 Å². The second kappa shape index (κ2) is 3.43. The molecular formula is C6H7Br2N3O. The lowest BCUT2D eigenvalue weighted by Gasteiger charge is -2.03. The Morgan fingerprint density at radius 1 is 1.33 bits per heavy atom. The molecule has 1 aliphatic heterocycles. The highest BCUT2D eigenvalue weighted by molar-refractivity contribution is 9.13. The first-order valence-corrected chi connectivity index (χ1v) is 5.21. The van der Waals surface area contributed by atoms with Gasteiger partial charge >= 0.3 is 0 Å². The van der Waals surface area contributed by atoms with Crippen LogP contribution in [0.2, 0.25) is 0 Å². The Kier molecular flexibility index (Phi) is 2.47. The molecule has 66 valence electrons. The van der Waals surface area contributed by atoms with Crippen LogP contribution in [-0.2, 0) is 4.74 Å². The summed E-state index contributed by atoms with van der Waals surface area (Å²) in [5.41, 5.74) is 0. The molecule has 0 saturated carbocycles. The molecule has 2 rings (SSSR count). The van der Waals surface area contributed by atoms with Crippen LogP contribution in [0.5, 0.6) is 0 Å². The predicted octanol–water partition coefficient (Wildman–Crippen LogP) is 1.76. The third kappa shape index (κ3) is 1.55. The zero-order chi connectivity index (χ0) is 8.55. The van der Waals surface area contributed by atoms with Gasteiger partial charge in [0.25, 0.3) is 0 Å². The number of hydrogen-bond acceptors (Lipinski definition) is 3. The Labute approximate surface area is 86.5 Å². The maximum atomic E-state index is 5.23. The Hall–Kier alpha value is 0.0600. The van der Waals surface area contributed by atoms with Gasteiger partial charge in [-0.05, 0) is 38.3 Å². The summed E-state index contributed by atoms with van der Waals surface area (Å²) in [6, 6.07) is 0.299. The summed E-state index contributed by atoms with van der Waals surface area (Å²) in [7, 11) is 0. The lowest BCUT2D eigenvalue weighted by atomic mass is 10.3. The van der Waals surface area contributed by atoms with Gasteiger partial charge < -0.3 is 4.74 Å². The van der Waals surface area contributed by atoms with Gasteiger partial charge in [0.2, 0.25) is 0 Å². The van der Waals surface area contributed by atoms with Gasteiger partial charge in [0.05, 0.1) is 12.6 Å². The molecule has 4 nitrogen and oxygen atoms in total. The van der Waals surface area contributed by atoms with Gasteiger partial charge in [-0.25, -0.2) is 0 Å². The van der Waals surface area contributed by atoms with Gasteiger partial charge in [-0.1, -0.05) is 0 Å². The van der Waals surface area contributed by atoms with Gasteiger partial charge in [0.15, 0.2) is 9.21 Å². The molecule has 1 aromatic rings. The van der Waals surface area contributed by atoms with Crippen molar-refractivity contribution in [1.82, 2.24) is 15.0 Å². The van der Waals surface area contributed by atoms with Crippen LogP contribution in [0.1, 0.15) is 12.5 Å². The number of nitrogens with zero attached hydrogens (tertiary/aromatic N) is 3. The standard InChI is InChI=1S/C6H7Br2N3O/c7-5-6(8)10-11(9-5)4-1-2-12-3-4/h4H,1-3H2. The highest BCUT2D eigenvalue weighted by Crippen LogP contribution is 2.22. The van der Waals surface area contributed by atoms with Gasteiger partial charge in [-0.2, -0.15) is 4.80 Å². The quantitative estimate of drug-likeness (QED) is 0.793. The predicted molar refractivity (Wildman–Crippen MR) is 49.9 cm³/mol. The average Bonchev–Trinajstić information content (AvgIpc) is 2.61. The third-order valence-electron chi connectivity index (χ3n) is 1.78. The van der Waals surface area contributed by atoms with Gasteiger partial charge in [-0.3, -0.25) is 0 Å². The Bertz CT molecular complexity index is 263. The third-order valence-corrected chi connectivity index (χ3v) is 3.38. The van der Waals surface area contributed by atoms with E-state index in [1.807, 2.05) is 0 Å². The molecule has 12 heavy (non-hydrogen) atoms. The van der Waals surface area contributed by atoms with Gasteiger partial charge in [0.1, 0.15) is 0 Å². The van der Waals surface area contributed by atoms with Crippen molar-refractivity contribution in [3.8, 4) is 0 Å². The summed E-state index contributed by atoms with van der Waals surface area (Å²) in [5, 5.41) is 8.38. The van der Waals surface area contributed by atoms with E-state index in [4.69, 9.17) is 4.74 Å². The van der Waals surface area contributed by atoms with Crippen molar-refractivity contribution in [2.45, 2.75) is 12.5 Å². The first-order valence-electron chi connectivity index (χ1n) is 3.63. The maximum absolute atomic E-state index is 5.23. The van der Waals surface area contributed by atoms with Gasteiger partial charge in [0, 0.05) is 6.61 Å². The van der Waals surface area contributed by atoms with Crippen molar-refractivity contribution in [2.24, 2.45) is 0 Å². The number of ether oxygens (including phenoxy) is 1. The molecule has 0 aliphatic carbocycles. The summed E-state index contributed by atoms with van der Waals surface area (Å²) in [4.78, 5) is 1.70. The summed E-state index contributed by atoms with van der Waals surface area (Å²) in [6.07, 6.45) is 0.994. The molecule has 1 unspecified atom stereocenters. The fraction of sp³-hybridized carbons (Fsp3) is 0.667. The topological polar surface area (TPSA) is 39.9 Å². The molecule has 1 aliphatic rings. The number of aromatic nitrogens is 3. The molecule has 0 amide bonds. The van der Waals surface area contributed by atoms with E-state index in [2.05, 4.69) is 42.1 Å². The fourth-order valence-corrected chi connectivity index (χ4v) is 1.64. The van der Waals surface area contributed by atoms with Gasteiger partial charge in [-0.15, -0.1) is 10.2 Å². The minimum atomic E-state index is 0.299. The van der Waals surface area contributed by atoms with Crippen LogP contribution in [-0.4, -0.2) is 28.2 Å². The van der Waals surface area contributed by atoms with E-state index in [9.17, 15) is 0 Å². The van der Waals surface area contributed by atoms with E-state index in [-0.39, 0.29) is 0 Å². The van der Waals surface area contributed by atoms with E-state index in [1.54, 1.807) is 4.80 Å². The normalized spacial score (nSPS) is 23.3. The monoisotopic (exact) mass is 295 g/mol. The Morgan fingerprint density at radius 3 is 2.50 bits per heavy atom. The van der Waals surface area contributed by atoms with Crippen LogP contribution < -0.4 is 0 Å². The molecule has 2 heterocycles. The first kappa shape index (κ1) is 8.65. The Balaban J connectivity index is 2.21. The lowest BCUT2D eigenvalue weighted by Crippen LogP contribution is -2.11. The molecule has 1 saturated heterocycles. The Morgan fingerprint density at radius 2 is 2.00 bits per heavy atom. The van der Waals surface area contributed by atoms with E-state index in [0.717, 1.165) is 22.2 Å². The molecule has 0 bridgehead atoms. The van der Waals surface area contributed by atoms with E-state index in [1.165, 1.54) is 0 Å². The number of rotatable bonds is 1. The molecule has 0 N–H and O–H groups in total. The zero-order valence-electron chi connectivity index (χ0n) is 6.20. The molecule has 1 fully saturated rings. The van der Waals surface area contributed by atoms with Crippen molar-refractivity contribution in [1.29, 1.82) is 0 Å². The van der Waals surface area contributed by atoms with Crippen LogP contribution in [0.4, 0.5) is 0 Å². The van der Waals surface area contributed by atoms with Crippen molar-refractivity contribution in [3.63, 3.8) is 0 Å². The summed E-state index contributed by atoms with van der Waals surface area (Å²) in [6.45, 7) is 1.52. The number of hydrogen-bond donors (Lipinski definition) is 0. The smallest absolute Gasteiger partial charge is 0.162 e. The first-order chi connectivity index (χ1) is 5.77. The molecule has 0 radical (unpaired) electrons. The van der Waals surface area contributed by atoms with Crippen LogP contribution in [0.3, 0.4) is 0 Å². The second-order valence-electron chi connectivity index (χ2n) is 2.62. The highest BCUT2D eigenvalue weighted by atomic mass is 79.9. The van der Waals surface area contributed by atoms with Crippen molar-refractivity contribution in [2.75, 3.05) is 13.2 Å². The maximum Gasteiger partial charge on any atom is 0.162 e. The van der Waals surface area contributed by atoms with Crippen molar-refractivity contribution < 1.29 is 4.74 Å². The molecule has 1 aromatic heterocycles. The SMILES string of the molecule is Brc1nn(C2CCOC2)nc1Br. The average molecular weight is 297 g/mol. The van der Waals surface area contributed by atoms with E-state index >= 15 is 0 Å². The highest BCUT2D eigenvalue weighted by Gasteiger charge is 2.20. The summed E-state index contributed by atoms with van der Waals surface area (Å²) in [5.74, 6) is 0. The number of halogens is 2. The summed E-state index contributed by atoms with van der Waals surface area (Å²) >= 11 is 6.56. The van der Waals surface area contributed by atoms with E-state index in [0.29, 0.717) is 12.6 Å². The molecule has 6 heteroatoms. The molecule has 0 aromatic carbocycles. The van der Waals surface area contributed by atoms with Crippen LogP contribution >= 0.6 is 31.9 Å². The van der Waals surface area contributed by atoms with Crippen molar-refractivity contribution in [3.05, 3.63) is 9.21 Å². The molecule has 1 atom stereocenters. The minimum absolute atomic E-state index is 0.299.